The van der Waals surface area contributed by atoms with Crippen molar-refractivity contribution in [2.45, 2.75) is 25.7 Å². The van der Waals surface area contributed by atoms with E-state index in [2.05, 4.69) is 35.5 Å². The van der Waals surface area contributed by atoms with E-state index in [1.807, 2.05) is 12.1 Å². The second-order valence-corrected chi connectivity index (χ2v) is 9.96. The number of hydrogen-bond donors (Lipinski definition) is 4. The van der Waals surface area contributed by atoms with Gasteiger partial charge < -0.3 is 15.4 Å². The summed E-state index contributed by atoms with van der Waals surface area (Å²) >= 11 is 0. The third kappa shape index (κ3) is 4.31. The summed E-state index contributed by atoms with van der Waals surface area (Å²) in [5, 5.41) is 21.1. The van der Waals surface area contributed by atoms with Crippen LogP contribution in [0.4, 0.5) is 10.1 Å². The molecule has 4 N–H and O–H groups in total. The molecule has 1 saturated carbocycles. The van der Waals surface area contributed by atoms with Gasteiger partial charge in [0.15, 0.2) is 11.5 Å². The van der Waals surface area contributed by atoms with Gasteiger partial charge in [0.05, 0.1) is 29.3 Å². The van der Waals surface area contributed by atoms with Gasteiger partial charge in [-0.25, -0.2) is 14.4 Å². The predicted molar refractivity (Wildman–Crippen MR) is 148 cm³/mol. The Balaban J connectivity index is 1.25. The number of anilines is 1. The number of aromatic hydroxyl groups is 1. The molecule has 7 rings (SSSR count). The zero-order valence-electron chi connectivity index (χ0n) is 21.1. The van der Waals surface area contributed by atoms with Crippen LogP contribution < -0.4 is 5.32 Å². The number of rotatable bonds is 5. The van der Waals surface area contributed by atoms with Crippen molar-refractivity contribution in [2.75, 3.05) is 5.32 Å². The van der Waals surface area contributed by atoms with Gasteiger partial charge in [-0.3, -0.25) is 19.9 Å². The van der Waals surface area contributed by atoms with E-state index >= 15 is 0 Å². The molecule has 5 heterocycles. The minimum atomic E-state index is -0.550. The third-order valence-corrected chi connectivity index (χ3v) is 7.28. The Morgan fingerprint density at radius 3 is 2.75 bits per heavy atom. The first-order valence-corrected chi connectivity index (χ1v) is 13.0. The van der Waals surface area contributed by atoms with Crippen LogP contribution in [0.2, 0.25) is 0 Å². The molecule has 1 aliphatic rings. The van der Waals surface area contributed by atoms with Gasteiger partial charge in [-0.1, -0.05) is 12.8 Å². The van der Waals surface area contributed by atoms with Crippen LogP contribution >= 0.6 is 0 Å². The summed E-state index contributed by atoms with van der Waals surface area (Å²) < 4.78 is 14.0. The molecular formula is C29H23FN8O2. The molecule has 40 heavy (non-hydrogen) atoms. The van der Waals surface area contributed by atoms with Crippen molar-refractivity contribution in [2.24, 2.45) is 5.92 Å². The highest BCUT2D eigenvalue weighted by Gasteiger charge is 2.23. The molecule has 0 bridgehead atoms. The maximum atomic E-state index is 14.0. The van der Waals surface area contributed by atoms with Gasteiger partial charge in [-0.15, -0.1) is 0 Å². The van der Waals surface area contributed by atoms with E-state index in [1.165, 1.54) is 12.1 Å². The van der Waals surface area contributed by atoms with Crippen LogP contribution in [0.25, 0.3) is 56.0 Å². The minimum Gasteiger partial charge on any atom is -0.508 e. The van der Waals surface area contributed by atoms with E-state index < -0.39 is 5.82 Å². The SMILES string of the molecule is O=C(Nc1cncc(-c2cc3c(-c4nc5c(-c6cc(O)cc(F)c6)ccnc5[nH]4)n[nH]c3cn2)c1)C1CCCC1. The van der Waals surface area contributed by atoms with Crippen LogP contribution in [0.15, 0.2) is 61.2 Å². The minimum absolute atomic E-state index is 0.0308. The van der Waals surface area contributed by atoms with E-state index in [0.29, 0.717) is 50.7 Å². The average molecular weight is 535 g/mol. The lowest BCUT2D eigenvalue weighted by molar-refractivity contribution is -0.119. The number of carbonyl (C=O) groups is 1. The number of fused-ring (bicyclic) bond motifs is 2. The summed E-state index contributed by atoms with van der Waals surface area (Å²) in [6.45, 7) is 0. The highest BCUT2D eigenvalue weighted by molar-refractivity contribution is 5.97. The van der Waals surface area contributed by atoms with Crippen LogP contribution in [0, 0.1) is 11.7 Å². The normalized spacial score (nSPS) is 13.8. The van der Waals surface area contributed by atoms with Crippen LogP contribution in [-0.4, -0.2) is 46.1 Å². The lowest BCUT2D eigenvalue weighted by Crippen LogP contribution is -2.20. The topological polar surface area (TPSA) is 145 Å². The maximum Gasteiger partial charge on any atom is 0.227 e. The number of nitrogens with zero attached hydrogens (tertiary/aromatic N) is 5. The van der Waals surface area contributed by atoms with Gasteiger partial charge in [0, 0.05) is 40.9 Å². The molecule has 11 heteroatoms. The molecule has 0 atom stereocenters. The molecule has 0 spiro atoms. The zero-order chi connectivity index (χ0) is 27.2. The van der Waals surface area contributed by atoms with E-state index in [-0.39, 0.29) is 17.6 Å². The molecule has 10 nitrogen and oxygen atoms in total. The quantitative estimate of drug-likeness (QED) is 0.225. The van der Waals surface area contributed by atoms with Gasteiger partial charge in [-0.2, -0.15) is 5.10 Å². The number of halogens is 1. The van der Waals surface area contributed by atoms with Crippen molar-refractivity contribution >= 4 is 33.7 Å². The molecule has 1 amide bonds. The number of phenolic OH excluding ortho intramolecular Hbond substituents is 1. The largest absolute Gasteiger partial charge is 0.508 e. The highest BCUT2D eigenvalue weighted by Crippen LogP contribution is 2.33. The summed E-state index contributed by atoms with van der Waals surface area (Å²) in [5.41, 5.74) is 5.41. The monoisotopic (exact) mass is 534 g/mol. The molecule has 198 valence electrons. The van der Waals surface area contributed by atoms with Gasteiger partial charge >= 0.3 is 0 Å². The van der Waals surface area contributed by atoms with Crippen molar-refractivity contribution in [1.82, 2.24) is 35.1 Å². The van der Waals surface area contributed by atoms with E-state index in [0.717, 1.165) is 42.7 Å². The number of H-pyrrole nitrogens is 2. The molecule has 0 radical (unpaired) electrons. The molecular weight excluding hydrogens is 511 g/mol. The smallest absolute Gasteiger partial charge is 0.227 e. The Morgan fingerprint density at radius 2 is 1.90 bits per heavy atom. The first-order chi connectivity index (χ1) is 19.5. The summed E-state index contributed by atoms with van der Waals surface area (Å²) in [6, 6.07) is 9.33. The van der Waals surface area contributed by atoms with Gasteiger partial charge in [0.25, 0.3) is 0 Å². The Labute approximate surface area is 226 Å². The number of amides is 1. The van der Waals surface area contributed by atoms with Gasteiger partial charge in [0.1, 0.15) is 22.8 Å². The molecule has 1 fully saturated rings. The van der Waals surface area contributed by atoms with Gasteiger partial charge in [-0.05, 0) is 48.7 Å². The van der Waals surface area contributed by atoms with Crippen molar-refractivity contribution in [3.8, 4) is 39.7 Å². The number of nitrogens with one attached hydrogen (secondary N) is 3. The number of aromatic amines is 2. The van der Waals surface area contributed by atoms with Crippen LogP contribution in [0.5, 0.6) is 5.75 Å². The maximum absolute atomic E-state index is 14.0. The van der Waals surface area contributed by atoms with Crippen LogP contribution in [0.3, 0.4) is 0 Å². The fraction of sp³-hybridized carbons (Fsp3) is 0.172. The summed E-state index contributed by atoms with van der Waals surface area (Å²) in [6.07, 6.45) is 10.6. The van der Waals surface area contributed by atoms with Crippen LogP contribution in [0.1, 0.15) is 25.7 Å². The Morgan fingerprint density at radius 1 is 1.02 bits per heavy atom. The number of carbonyl (C=O) groups excluding carboxylic acids is 1. The number of phenols is 1. The lowest BCUT2D eigenvalue weighted by Gasteiger charge is -2.11. The van der Waals surface area contributed by atoms with E-state index in [9.17, 15) is 14.3 Å². The van der Waals surface area contributed by atoms with Crippen molar-refractivity contribution in [3.63, 3.8) is 0 Å². The predicted octanol–water partition coefficient (Wildman–Crippen LogP) is 5.60. The average Bonchev–Trinajstić information content (AvgIpc) is 3.71. The fourth-order valence-electron chi connectivity index (χ4n) is 5.32. The first kappa shape index (κ1) is 23.9. The Hall–Kier alpha value is -5.19. The first-order valence-electron chi connectivity index (χ1n) is 13.0. The van der Waals surface area contributed by atoms with Gasteiger partial charge in [0.2, 0.25) is 5.91 Å². The molecule has 5 aromatic heterocycles. The standard InChI is InChI=1S/C29H23FN8O2/c30-18-7-16(9-20(39)10-18)21-5-6-32-27-25(21)35-28(36-27)26-22-11-23(33-14-24(22)37-38-26)17-8-19(13-31-12-17)34-29(40)15-3-1-2-4-15/h5-15,39H,1-4H2,(H,34,40)(H,37,38)(H,32,35,36). The lowest BCUT2D eigenvalue weighted by atomic mass is 10.1. The molecule has 6 aromatic rings. The van der Waals surface area contributed by atoms with Crippen molar-refractivity contribution in [1.29, 1.82) is 0 Å². The fourth-order valence-corrected chi connectivity index (χ4v) is 5.32. The summed E-state index contributed by atoms with van der Waals surface area (Å²) in [4.78, 5) is 33.8. The summed E-state index contributed by atoms with van der Waals surface area (Å²) in [7, 11) is 0. The Bertz CT molecular complexity index is 1890. The highest BCUT2D eigenvalue weighted by atomic mass is 19.1. The molecule has 0 unspecified atom stereocenters. The van der Waals surface area contributed by atoms with Crippen LogP contribution in [-0.2, 0) is 4.79 Å². The third-order valence-electron chi connectivity index (χ3n) is 7.28. The van der Waals surface area contributed by atoms with E-state index in [1.54, 1.807) is 30.9 Å². The molecule has 1 aromatic carbocycles. The number of benzene rings is 1. The zero-order valence-corrected chi connectivity index (χ0v) is 21.1. The van der Waals surface area contributed by atoms with Crippen molar-refractivity contribution in [3.05, 3.63) is 67.0 Å². The molecule has 0 saturated heterocycles. The number of pyridine rings is 3. The number of hydrogen-bond acceptors (Lipinski definition) is 7. The number of imidazole rings is 1. The molecule has 1 aliphatic carbocycles. The number of aromatic nitrogens is 7. The van der Waals surface area contributed by atoms with E-state index in [4.69, 9.17) is 4.98 Å². The second kappa shape index (κ2) is 9.53. The summed E-state index contributed by atoms with van der Waals surface area (Å²) in [5.74, 6) is -0.175. The second-order valence-electron chi connectivity index (χ2n) is 9.96. The Kier molecular flexibility index (Phi) is 5.69. The van der Waals surface area contributed by atoms with Crippen molar-refractivity contribution < 1.29 is 14.3 Å². The molecule has 0 aliphatic heterocycles.